The van der Waals surface area contributed by atoms with E-state index in [-0.39, 0.29) is 5.41 Å². The van der Waals surface area contributed by atoms with Gasteiger partial charge in [-0.1, -0.05) is 172 Å². The molecular weight excluding hydrogens is 797 g/mol. The summed E-state index contributed by atoms with van der Waals surface area (Å²) in [5.74, 6) is 0. The summed E-state index contributed by atoms with van der Waals surface area (Å²) < 4.78 is 5.31. The quantitative estimate of drug-likeness (QED) is 0.156. The SMILES string of the molecule is CC1(C)c2ccccc2-c2ccc(-c3ccc4c(-c5ccc6c(c5)sc5ccc7ccccc7c56)c5ccccc5c(-c5ccc6c(c5)sc5ccc7ccccc7c56)c4c3)cc21. The van der Waals surface area contributed by atoms with E-state index in [2.05, 4.69) is 208 Å². The average Bonchev–Trinajstić information content (AvgIpc) is 3.97. The minimum atomic E-state index is -0.0736. The van der Waals surface area contributed by atoms with E-state index in [1.165, 1.54) is 139 Å². The minimum absolute atomic E-state index is 0.0736. The van der Waals surface area contributed by atoms with E-state index in [1.54, 1.807) is 0 Å². The summed E-state index contributed by atoms with van der Waals surface area (Å²) in [7, 11) is 0. The molecule has 0 atom stereocenters. The molecule has 11 aromatic carbocycles. The first-order chi connectivity index (χ1) is 31.0. The summed E-state index contributed by atoms with van der Waals surface area (Å²) >= 11 is 3.81. The molecule has 1 aliphatic rings. The Balaban J connectivity index is 1.04. The first kappa shape index (κ1) is 35.5. The number of rotatable bonds is 3. The maximum absolute atomic E-state index is 2.49. The van der Waals surface area contributed by atoms with Crippen LogP contribution in [0.3, 0.4) is 0 Å². The maximum Gasteiger partial charge on any atom is 0.0361 e. The Hall–Kier alpha value is -7.10. The summed E-state index contributed by atoms with van der Waals surface area (Å²) in [6, 6.07) is 73.7. The van der Waals surface area contributed by atoms with Crippen LogP contribution in [0.1, 0.15) is 25.0 Å². The predicted octanol–water partition coefficient (Wildman–Crippen LogP) is 18.3. The molecule has 0 nitrogen and oxygen atoms in total. The standard InChI is InChI=1S/C61H38S2/c1-61(2)51-18-10-9-15-43(51)44-25-19-38(32-52(44)61)37-20-26-47-50(31-37)58(40-22-28-49-56(34-40)63-54-30-24-36-12-4-6-14-42(36)60(49)54)46-17-8-7-16-45(46)57(47)39-21-27-48-55(33-39)62-53-29-23-35-11-3-5-13-41(35)59(48)53/h3-34H,1-2H3. The van der Waals surface area contributed by atoms with Crippen molar-refractivity contribution in [1.82, 2.24) is 0 Å². The molecule has 0 aliphatic heterocycles. The highest BCUT2D eigenvalue weighted by molar-refractivity contribution is 7.26. The zero-order valence-electron chi connectivity index (χ0n) is 34.8. The second kappa shape index (κ2) is 13.0. The van der Waals surface area contributed by atoms with Gasteiger partial charge in [0.05, 0.1) is 0 Å². The average molecular weight is 835 g/mol. The fourth-order valence-corrected chi connectivity index (χ4v) is 13.6. The molecule has 0 unspecified atom stereocenters. The summed E-state index contributed by atoms with van der Waals surface area (Å²) in [6.07, 6.45) is 0. The smallest absolute Gasteiger partial charge is 0.0361 e. The molecule has 0 amide bonds. The lowest BCUT2D eigenvalue weighted by Crippen LogP contribution is -2.14. The van der Waals surface area contributed by atoms with Crippen LogP contribution in [0, 0.1) is 0 Å². The van der Waals surface area contributed by atoms with Crippen LogP contribution in [-0.2, 0) is 5.41 Å². The maximum atomic E-state index is 2.49. The number of hydrogen-bond donors (Lipinski definition) is 0. The van der Waals surface area contributed by atoms with Gasteiger partial charge in [-0.3, -0.25) is 0 Å². The molecule has 0 spiro atoms. The van der Waals surface area contributed by atoms with Gasteiger partial charge >= 0.3 is 0 Å². The molecule has 14 rings (SSSR count). The Kier molecular flexibility index (Phi) is 7.31. The van der Waals surface area contributed by atoms with Crippen LogP contribution in [0.5, 0.6) is 0 Å². The predicted molar refractivity (Wildman–Crippen MR) is 276 cm³/mol. The molecule has 0 bridgehead atoms. The van der Waals surface area contributed by atoms with Crippen LogP contribution in [-0.4, -0.2) is 0 Å². The summed E-state index contributed by atoms with van der Waals surface area (Å²) in [6.45, 7) is 4.75. The van der Waals surface area contributed by atoms with E-state index in [0.29, 0.717) is 0 Å². The van der Waals surface area contributed by atoms with Crippen LogP contribution >= 0.6 is 22.7 Å². The summed E-state index contributed by atoms with van der Waals surface area (Å²) in [4.78, 5) is 0. The Morgan fingerprint density at radius 2 is 0.762 bits per heavy atom. The lowest BCUT2D eigenvalue weighted by molar-refractivity contribution is 0.660. The van der Waals surface area contributed by atoms with Crippen molar-refractivity contribution in [3.63, 3.8) is 0 Å². The second-order valence-corrected chi connectivity index (χ2v) is 20.1. The van der Waals surface area contributed by atoms with E-state index in [1.807, 2.05) is 22.7 Å². The van der Waals surface area contributed by atoms with Gasteiger partial charge < -0.3 is 0 Å². The molecule has 0 N–H and O–H groups in total. The van der Waals surface area contributed by atoms with Crippen molar-refractivity contribution in [1.29, 1.82) is 0 Å². The van der Waals surface area contributed by atoms with Crippen LogP contribution in [0.2, 0.25) is 0 Å². The molecule has 13 aromatic rings. The van der Waals surface area contributed by atoms with Gasteiger partial charge in [0.25, 0.3) is 0 Å². The number of thiophene rings is 2. The molecule has 294 valence electrons. The van der Waals surface area contributed by atoms with E-state index in [0.717, 1.165) is 0 Å². The molecule has 63 heavy (non-hydrogen) atoms. The van der Waals surface area contributed by atoms with Gasteiger partial charge in [-0.05, 0) is 135 Å². The van der Waals surface area contributed by atoms with Gasteiger partial charge in [-0.15, -0.1) is 22.7 Å². The molecular formula is C61H38S2. The van der Waals surface area contributed by atoms with Crippen LogP contribution < -0.4 is 0 Å². The third-order valence-corrected chi connectivity index (χ3v) is 16.5. The summed E-state index contributed by atoms with van der Waals surface area (Å²) in [5.41, 5.74) is 13.0. The van der Waals surface area contributed by atoms with Crippen molar-refractivity contribution >= 4 is 106 Å². The Labute approximate surface area is 372 Å². The highest BCUT2D eigenvalue weighted by atomic mass is 32.1. The Morgan fingerprint density at radius 3 is 1.40 bits per heavy atom. The largest absolute Gasteiger partial charge is 0.135 e. The number of hydrogen-bond acceptors (Lipinski definition) is 2. The zero-order valence-corrected chi connectivity index (χ0v) is 36.4. The van der Waals surface area contributed by atoms with E-state index in [4.69, 9.17) is 0 Å². The first-order valence-corrected chi connectivity index (χ1v) is 23.5. The molecule has 0 fully saturated rings. The topological polar surface area (TPSA) is 0 Å². The summed E-state index contributed by atoms with van der Waals surface area (Å²) in [5, 5.41) is 15.7. The fraction of sp³-hybridized carbons (Fsp3) is 0.0492. The lowest BCUT2D eigenvalue weighted by Gasteiger charge is -2.22. The van der Waals surface area contributed by atoms with E-state index >= 15 is 0 Å². The number of fused-ring (bicyclic) bond motifs is 15. The zero-order chi connectivity index (χ0) is 41.6. The molecule has 2 aromatic heterocycles. The van der Waals surface area contributed by atoms with Gasteiger partial charge in [0.2, 0.25) is 0 Å². The molecule has 2 heterocycles. The third-order valence-electron chi connectivity index (χ3n) is 14.2. The van der Waals surface area contributed by atoms with E-state index < -0.39 is 0 Å². The van der Waals surface area contributed by atoms with Gasteiger partial charge in [0.1, 0.15) is 0 Å². The van der Waals surface area contributed by atoms with Crippen molar-refractivity contribution in [2.45, 2.75) is 19.3 Å². The van der Waals surface area contributed by atoms with Crippen molar-refractivity contribution in [3.05, 3.63) is 205 Å². The van der Waals surface area contributed by atoms with Crippen molar-refractivity contribution in [2.24, 2.45) is 0 Å². The Morgan fingerprint density at radius 1 is 0.302 bits per heavy atom. The highest BCUT2D eigenvalue weighted by Crippen LogP contribution is 2.51. The molecule has 0 radical (unpaired) electrons. The normalized spacial score (nSPS) is 13.4. The highest BCUT2D eigenvalue weighted by Gasteiger charge is 2.35. The van der Waals surface area contributed by atoms with Crippen LogP contribution in [0.25, 0.3) is 128 Å². The van der Waals surface area contributed by atoms with Crippen molar-refractivity contribution in [2.75, 3.05) is 0 Å². The monoisotopic (exact) mass is 834 g/mol. The number of benzene rings is 11. The fourth-order valence-electron chi connectivity index (χ4n) is 11.3. The van der Waals surface area contributed by atoms with Gasteiger partial charge in [-0.25, -0.2) is 0 Å². The molecule has 1 aliphatic carbocycles. The van der Waals surface area contributed by atoms with Crippen LogP contribution in [0.15, 0.2) is 194 Å². The molecule has 2 heteroatoms. The van der Waals surface area contributed by atoms with Crippen LogP contribution in [0.4, 0.5) is 0 Å². The lowest BCUT2D eigenvalue weighted by atomic mass is 9.81. The van der Waals surface area contributed by atoms with Gasteiger partial charge in [-0.2, -0.15) is 0 Å². The van der Waals surface area contributed by atoms with Gasteiger partial charge in [0, 0.05) is 45.8 Å². The Bertz CT molecular complexity index is 4120. The first-order valence-electron chi connectivity index (χ1n) is 21.9. The van der Waals surface area contributed by atoms with Gasteiger partial charge in [0.15, 0.2) is 0 Å². The van der Waals surface area contributed by atoms with E-state index in [9.17, 15) is 0 Å². The molecule has 0 saturated heterocycles. The third kappa shape index (κ3) is 5.02. The van der Waals surface area contributed by atoms with Crippen molar-refractivity contribution < 1.29 is 0 Å². The minimum Gasteiger partial charge on any atom is -0.135 e. The second-order valence-electron chi connectivity index (χ2n) is 17.9. The molecule has 0 saturated carbocycles. The van der Waals surface area contributed by atoms with Crippen molar-refractivity contribution in [3.8, 4) is 44.5 Å².